The molecule has 5 N–H and O–H groups in total. The van der Waals surface area contributed by atoms with Crippen LogP contribution in [-0.4, -0.2) is 180 Å². The monoisotopic (exact) mass is 1370 g/mol. The zero-order chi connectivity index (χ0) is 70.4. The van der Waals surface area contributed by atoms with Crippen LogP contribution in [0.3, 0.4) is 0 Å². The number of methoxy groups -OCH3 is 2. The van der Waals surface area contributed by atoms with Crippen LogP contribution in [0.1, 0.15) is 138 Å². The molecule has 6 aliphatic rings. The fourth-order valence-electron chi connectivity index (χ4n) is 13.2. The number of carbonyl (C=O) groups is 7. The second-order valence-corrected chi connectivity index (χ2v) is 25.9. The third-order valence-corrected chi connectivity index (χ3v) is 18.5. The van der Waals surface area contributed by atoms with Gasteiger partial charge in [-0.1, -0.05) is 82.4 Å². The summed E-state index contributed by atoms with van der Waals surface area (Å²) < 4.78 is 52.0. The molecule has 2 fully saturated rings. The number of rotatable bonds is 35. The Balaban J connectivity index is 0.683. The summed E-state index contributed by atoms with van der Waals surface area (Å²) in [5.41, 5.74) is 3.61. The lowest BCUT2D eigenvalue weighted by molar-refractivity contribution is -0.132. The third kappa shape index (κ3) is 20.3. The number of amides is 7. The molecule has 0 bridgehead atoms. The van der Waals surface area contributed by atoms with Crippen molar-refractivity contribution in [1.82, 2.24) is 25.8 Å². The lowest BCUT2D eigenvalue weighted by Crippen LogP contribution is -2.53. The summed E-state index contributed by atoms with van der Waals surface area (Å²) in [5.74, 6) is 0.822. The fourth-order valence-corrected chi connectivity index (χ4v) is 13.2. The Kier molecular flexibility index (Phi) is 27.9. The summed E-state index contributed by atoms with van der Waals surface area (Å²) in [6.07, 6.45) is 21.3. The van der Waals surface area contributed by atoms with Gasteiger partial charge in [0.25, 0.3) is 11.8 Å². The molecule has 9 rings (SSSR count). The van der Waals surface area contributed by atoms with Crippen LogP contribution in [0, 0.1) is 23.7 Å². The Bertz CT molecular complexity index is 3450. The van der Waals surface area contributed by atoms with E-state index in [1.165, 1.54) is 83.1 Å². The maximum atomic E-state index is 14.4. The van der Waals surface area contributed by atoms with Gasteiger partial charge in [0.1, 0.15) is 18.7 Å². The standard InChI is InChI=1S/C74H98N8O17/c1-8-16-50-36-53-43-76-59-41-64(62(91-6)38-57(59)71(87)80(53)44-50)97-26-15-27-98-65-42-60-58(39-63(65)92-7)72(88)81-45-51(17-9-2)37-61(81)73(89)82(60)74(90)99-46-49-20-22-52(23-21-49)78-69(85)48(5)77-70(86)68(47(3)4)79-66(83)24-28-93-30-32-95-34-35-96-33-31-94-29-25-75-67(84)40-56-54-18-13-11-10-12-14-19-55(54)56/h8-9,16-17,20-23,38-39,41-45,47-48,53-56,61,68,73,89H,10-15,18-19,24-37,40,46H2,1-7H3,(H,75,84)(H,77,86)(H,78,85)(H,79,83). The molecule has 536 valence electrons. The van der Waals surface area contributed by atoms with Gasteiger partial charge in [-0.15, -0.1) is 0 Å². The molecule has 7 atom stereocenters. The number of allylic oxidation sites excluding steroid dienone is 4. The van der Waals surface area contributed by atoms with Crippen molar-refractivity contribution >= 4 is 64.8 Å². The van der Waals surface area contributed by atoms with Crippen molar-refractivity contribution in [2.45, 2.75) is 149 Å². The van der Waals surface area contributed by atoms with Crippen LogP contribution < -0.4 is 45.1 Å². The molecule has 99 heavy (non-hydrogen) atoms. The smallest absolute Gasteiger partial charge is 0.416 e. The minimum atomic E-state index is -1.57. The molecule has 3 aromatic rings. The molecule has 0 spiro atoms. The van der Waals surface area contributed by atoms with Crippen LogP contribution >= 0.6 is 0 Å². The van der Waals surface area contributed by atoms with Gasteiger partial charge >= 0.3 is 6.09 Å². The maximum Gasteiger partial charge on any atom is 0.416 e. The lowest BCUT2D eigenvalue weighted by atomic mass is 10.0. The van der Waals surface area contributed by atoms with E-state index >= 15 is 0 Å². The van der Waals surface area contributed by atoms with Gasteiger partial charge in [0.15, 0.2) is 29.2 Å². The molecule has 0 radical (unpaired) electrons. The van der Waals surface area contributed by atoms with Gasteiger partial charge in [0.2, 0.25) is 23.6 Å². The van der Waals surface area contributed by atoms with Crippen molar-refractivity contribution < 1.29 is 81.3 Å². The first-order valence-corrected chi connectivity index (χ1v) is 34.8. The van der Waals surface area contributed by atoms with Crippen molar-refractivity contribution in [3.05, 3.63) is 113 Å². The van der Waals surface area contributed by atoms with Crippen LogP contribution in [-0.2, 0) is 49.5 Å². The summed E-state index contributed by atoms with van der Waals surface area (Å²) in [4.78, 5) is 104. The molecule has 2 aliphatic carbocycles. The highest BCUT2D eigenvalue weighted by molar-refractivity contribution is 6.07. The summed E-state index contributed by atoms with van der Waals surface area (Å²) in [7, 11) is 2.92. The largest absolute Gasteiger partial charge is 0.493 e. The second-order valence-electron chi connectivity index (χ2n) is 25.9. The average Bonchev–Trinajstić information content (AvgIpc) is 1.65. The van der Waals surface area contributed by atoms with Gasteiger partial charge in [-0.3, -0.25) is 33.8 Å². The molecule has 4 heterocycles. The molecule has 0 aromatic heterocycles. The Morgan fingerprint density at radius 3 is 1.88 bits per heavy atom. The molecule has 7 unspecified atom stereocenters. The Morgan fingerprint density at radius 2 is 1.24 bits per heavy atom. The second kappa shape index (κ2) is 37.0. The van der Waals surface area contributed by atoms with E-state index in [4.69, 9.17) is 42.6 Å². The summed E-state index contributed by atoms with van der Waals surface area (Å²) in [6.45, 7) is 12.0. The molecule has 7 amide bonds. The maximum absolute atomic E-state index is 14.4. The normalized spacial score (nSPS) is 20.7. The van der Waals surface area contributed by atoms with Crippen molar-refractivity contribution in [2.24, 2.45) is 28.7 Å². The Hall–Kier alpha value is -8.62. The average molecular weight is 1370 g/mol. The molecule has 25 nitrogen and oxygen atoms in total. The number of aliphatic hydroxyl groups excluding tert-OH is 1. The van der Waals surface area contributed by atoms with Gasteiger partial charge in [-0.25, -0.2) is 9.69 Å². The number of aliphatic hydroxyl groups is 1. The van der Waals surface area contributed by atoms with Crippen molar-refractivity contribution in [2.75, 3.05) is 97.0 Å². The Morgan fingerprint density at radius 1 is 0.657 bits per heavy atom. The van der Waals surface area contributed by atoms with E-state index in [2.05, 4.69) is 26.3 Å². The number of nitrogens with one attached hydrogen (secondary N) is 4. The number of hydrogen-bond acceptors (Lipinski definition) is 18. The number of anilines is 2. The van der Waals surface area contributed by atoms with E-state index in [1.54, 1.807) is 67.6 Å². The van der Waals surface area contributed by atoms with Gasteiger partial charge in [-0.05, 0) is 111 Å². The predicted molar refractivity (Wildman–Crippen MR) is 371 cm³/mol. The highest BCUT2D eigenvalue weighted by Crippen LogP contribution is 2.55. The van der Waals surface area contributed by atoms with E-state index in [9.17, 15) is 38.7 Å². The molecule has 25 heteroatoms. The number of benzene rings is 3. The molecular formula is C74H98N8O17. The highest BCUT2D eigenvalue weighted by atomic mass is 16.6. The number of nitrogens with zero attached hydrogens (tertiary/aromatic N) is 4. The molecule has 0 saturated heterocycles. The zero-order valence-corrected chi connectivity index (χ0v) is 58.1. The zero-order valence-electron chi connectivity index (χ0n) is 58.1. The summed E-state index contributed by atoms with van der Waals surface area (Å²) in [6, 6.07) is 9.69. The van der Waals surface area contributed by atoms with Gasteiger partial charge in [-0.2, -0.15) is 0 Å². The Labute approximate surface area is 580 Å². The van der Waals surface area contributed by atoms with Crippen molar-refractivity contribution in [1.29, 1.82) is 0 Å². The van der Waals surface area contributed by atoms with Crippen LogP contribution in [0.4, 0.5) is 21.9 Å². The number of ether oxygens (including phenoxy) is 9. The van der Waals surface area contributed by atoms with Crippen molar-refractivity contribution in [3.8, 4) is 23.0 Å². The first-order valence-electron chi connectivity index (χ1n) is 34.8. The number of carbonyl (C=O) groups excluding carboxylic acids is 7. The van der Waals surface area contributed by atoms with Crippen LogP contribution in [0.5, 0.6) is 23.0 Å². The predicted octanol–water partition coefficient (Wildman–Crippen LogP) is 9.25. The quantitative estimate of drug-likeness (QED) is 0.0343. The minimum Gasteiger partial charge on any atom is -0.493 e. The first kappa shape index (κ1) is 74.6. The number of fused-ring (bicyclic) bond motifs is 5. The molecule has 3 aromatic carbocycles. The van der Waals surface area contributed by atoms with Gasteiger partial charge < -0.3 is 78.8 Å². The van der Waals surface area contributed by atoms with Crippen LogP contribution in [0.15, 0.2) is 101 Å². The van der Waals surface area contributed by atoms with Crippen LogP contribution in [0.25, 0.3) is 0 Å². The topological polar surface area (TPSA) is 293 Å². The summed E-state index contributed by atoms with van der Waals surface area (Å²) >= 11 is 0. The highest BCUT2D eigenvalue weighted by Gasteiger charge is 2.49. The SMILES string of the molecule is CC=CC1=CN2C(=O)c3cc(OC)c(OCCCOc4cc5c(cc4OC)C(=O)N4C=C(C=CC)CC4C(O)N5C(=O)OCc4ccc(NC(=O)C(C)NC(=O)C(NC(=O)CCOCCOCCOCCOCCNC(=O)CC5C6CCCCCCCC65)C(C)C)cc4)cc3N=CC2C1. The fraction of sp³-hybridized carbons (Fsp3) is 0.541. The van der Waals surface area contributed by atoms with E-state index in [1.807, 2.05) is 44.4 Å². The van der Waals surface area contributed by atoms with E-state index in [-0.39, 0.29) is 92.4 Å². The van der Waals surface area contributed by atoms with E-state index in [0.29, 0.717) is 105 Å². The first-order chi connectivity index (χ1) is 48.0. The van der Waals surface area contributed by atoms with Gasteiger partial charge in [0.05, 0.1) is 115 Å². The van der Waals surface area contributed by atoms with Gasteiger partial charge in [0, 0.05) is 62.2 Å². The number of hydrogen-bond donors (Lipinski definition) is 5. The molecule has 4 aliphatic heterocycles. The minimum absolute atomic E-state index is 0.000701. The summed E-state index contributed by atoms with van der Waals surface area (Å²) in [5, 5.41) is 23.4. The van der Waals surface area contributed by atoms with Crippen molar-refractivity contribution in [3.63, 3.8) is 0 Å². The van der Waals surface area contributed by atoms with E-state index < -0.39 is 54.1 Å². The molecular weight excluding hydrogens is 1270 g/mol. The van der Waals surface area contributed by atoms with Crippen LogP contribution in [0.2, 0.25) is 0 Å². The lowest BCUT2D eigenvalue weighted by Gasteiger charge is -2.31. The van der Waals surface area contributed by atoms with E-state index in [0.717, 1.165) is 27.9 Å². The molecule has 2 saturated carbocycles. The number of aliphatic imine (C=N–C) groups is 1. The third-order valence-electron chi connectivity index (χ3n) is 18.5.